The molecule has 1 aromatic heterocycles. The van der Waals surface area contributed by atoms with Crippen molar-refractivity contribution in [3.8, 4) is 0 Å². The first-order chi connectivity index (χ1) is 7.44. The van der Waals surface area contributed by atoms with Crippen molar-refractivity contribution in [3.63, 3.8) is 0 Å². The lowest BCUT2D eigenvalue weighted by atomic mass is 10.2. The van der Waals surface area contributed by atoms with E-state index in [1.807, 2.05) is 0 Å². The van der Waals surface area contributed by atoms with Crippen LogP contribution in [-0.4, -0.2) is 11.0 Å². The number of aromatic nitrogens is 1. The average molecular weight is 228 g/mol. The van der Waals surface area contributed by atoms with Crippen LogP contribution in [0.2, 0.25) is 0 Å². The summed E-state index contributed by atoms with van der Waals surface area (Å²) < 4.78 is 26.4. The Bertz CT molecular complexity index is 420. The smallest absolute Gasteiger partial charge is 0.178 e. The molecule has 1 atom stereocenters. The number of rotatable bonds is 3. The summed E-state index contributed by atoms with van der Waals surface area (Å²) >= 11 is 0. The number of nitrogens with one attached hydrogen (secondary N) is 2. The van der Waals surface area contributed by atoms with Gasteiger partial charge in [0.25, 0.3) is 0 Å². The summed E-state index contributed by atoms with van der Waals surface area (Å²) in [5.41, 5.74) is 2.22. The lowest BCUT2D eigenvalue weighted by Crippen LogP contribution is -2.15. The number of hydrazine groups is 1. The van der Waals surface area contributed by atoms with Crippen LogP contribution in [0.15, 0.2) is 6.07 Å². The van der Waals surface area contributed by atoms with E-state index in [-0.39, 0.29) is 23.1 Å². The van der Waals surface area contributed by atoms with Gasteiger partial charge in [-0.3, -0.25) is 0 Å². The normalized spacial score (nSPS) is 21.7. The first kappa shape index (κ1) is 11.1. The third kappa shape index (κ3) is 1.92. The van der Waals surface area contributed by atoms with Crippen LogP contribution < -0.4 is 16.6 Å². The molecular formula is C10H14F2N4. The number of nitrogens with two attached hydrogens (primary N) is 1. The number of pyridine rings is 1. The summed E-state index contributed by atoms with van der Waals surface area (Å²) in [4.78, 5) is 3.74. The fraction of sp³-hybridized carbons (Fsp3) is 0.500. The van der Waals surface area contributed by atoms with Crippen LogP contribution >= 0.6 is 0 Å². The van der Waals surface area contributed by atoms with Gasteiger partial charge in [-0.25, -0.2) is 19.6 Å². The molecule has 4 nitrogen and oxygen atoms in total. The number of nitrogen functional groups attached to an aromatic ring is 1. The topological polar surface area (TPSA) is 63.0 Å². The fourth-order valence-corrected chi connectivity index (χ4v) is 1.55. The van der Waals surface area contributed by atoms with E-state index in [0.717, 1.165) is 12.5 Å². The van der Waals surface area contributed by atoms with Crippen molar-refractivity contribution < 1.29 is 8.78 Å². The molecule has 1 saturated carbocycles. The Morgan fingerprint density at radius 3 is 2.44 bits per heavy atom. The van der Waals surface area contributed by atoms with Gasteiger partial charge in [-0.15, -0.1) is 0 Å². The number of anilines is 2. The Kier molecular flexibility index (Phi) is 2.46. The molecule has 16 heavy (non-hydrogen) atoms. The highest BCUT2D eigenvalue weighted by Crippen LogP contribution is 2.46. The van der Waals surface area contributed by atoms with Crippen molar-refractivity contribution in [2.45, 2.75) is 26.3 Å². The van der Waals surface area contributed by atoms with E-state index < -0.39 is 11.6 Å². The minimum atomic E-state index is -0.805. The van der Waals surface area contributed by atoms with Crippen LogP contribution in [0.4, 0.5) is 20.4 Å². The molecule has 0 aromatic carbocycles. The molecule has 88 valence electrons. The molecule has 0 spiro atoms. The van der Waals surface area contributed by atoms with Crippen LogP contribution in [-0.2, 0) is 0 Å². The van der Waals surface area contributed by atoms with E-state index in [9.17, 15) is 8.78 Å². The van der Waals surface area contributed by atoms with Gasteiger partial charge in [0.2, 0.25) is 0 Å². The molecular weight excluding hydrogens is 214 g/mol. The predicted molar refractivity (Wildman–Crippen MR) is 57.8 cm³/mol. The van der Waals surface area contributed by atoms with E-state index in [0.29, 0.717) is 0 Å². The van der Waals surface area contributed by atoms with E-state index in [1.54, 1.807) is 0 Å². The fourth-order valence-electron chi connectivity index (χ4n) is 1.55. The van der Waals surface area contributed by atoms with Crippen LogP contribution in [0, 0.1) is 17.0 Å². The van der Waals surface area contributed by atoms with E-state index in [2.05, 4.69) is 29.6 Å². The Balaban J connectivity index is 2.21. The van der Waals surface area contributed by atoms with Crippen molar-refractivity contribution in [3.05, 3.63) is 17.7 Å². The molecule has 6 heteroatoms. The minimum Gasteiger partial charge on any atom is -0.364 e. The second-order valence-corrected chi connectivity index (χ2v) is 4.68. The lowest BCUT2D eigenvalue weighted by Gasteiger charge is -2.10. The van der Waals surface area contributed by atoms with Gasteiger partial charge in [0.15, 0.2) is 23.3 Å². The van der Waals surface area contributed by atoms with Crippen molar-refractivity contribution in [1.82, 2.24) is 4.98 Å². The lowest BCUT2D eigenvalue weighted by molar-refractivity contribution is 0.575. The van der Waals surface area contributed by atoms with Crippen LogP contribution in [0.3, 0.4) is 0 Å². The molecule has 4 N–H and O–H groups in total. The van der Waals surface area contributed by atoms with E-state index >= 15 is 0 Å². The number of hydrogen-bond donors (Lipinski definition) is 3. The first-order valence-electron chi connectivity index (χ1n) is 5.03. The first-order valence-corrected chi connectivity index (χ1v) is 5.03. The third-order valence-corrected chi connectivity index (χ3v) is 2.89. The van der Waals surface area contributed by atoms with Gasteiger partial charge in [0, 0.05) is 12.1 Å². The summed E-state index contributed by atoms with van der Waals surface area (Å²) in [6.45, 7) is 4.13. The highest BCUT2D eigenvalue weighted by molar-refractivity contribution is 5.48. The van der Waals surface area contributed by atoms with Gasteiger partial charge < -0.3 is 10.7 Å². The maximum Gasteiger partial charge on any atom is 0.178 e. The van der Waals surface area contributed by atoms with Crippen LogP contribution in [0.5, 0.6) is 0 Å². The summed E-state index contributed by atoms with van der Waals surface area (Å²) in [5, 5.41) is 2.93. The van der Waals surface area contributed by atoms with Crippen molar-refractivity contribution in [2.24, 2.45) is 11.3 Å². The van der Waals surface area contributed by atoms with Gasteiger partial charge in [0.1, 0.15) is 0 Å². The summed E-state index contributed by atoms with van der Waals surface area (Å²) in [7, 11) is 0. The SMILES string of the molecule is CC1(C)CC1Nc1nc(NN)c(F)cc1F. The highest BCUT2D eigenvalue weighted by Gasteiger charge is 2.46. The van der Waals surface area contributed by atoms with Crippen molar-refractivity contribution >= 4 is 11.6 Å². The Morgan fingerprint density at radius 1 is 1.38 bits per heavy atom. The van der Waals surface area contributed by atoms with Gasteiger partial charge in [-0.2, -0.15) is 0 Å². The maximum absolute atomic E-state index is 13.4. The molecule has 1 unspecified atom stereocenters. The number of hydrogen-bond acceptors (Lipinski definition) is 4. The Morgan fingerprint density at radius 2 is 1.94 bits per heavy atom. The zero-order valence-corrected chi connectivity index (χ0v) is 9.14. The summed E-state index contributed by atoms with van der Waals surface area (Å²) in [6.07, 6.45) is 0.941. The largest absolute Gasteiger partial charge is 0.364 e. The molecule has 0 aliphatic heterocycles. The molecule has 2 rings (SSSR count). The molecule has 0 saturated heterocycles. The molecule has 1 heterocycles. The zero-order chi connectivity index (χ0) is 11.9. The van der Waals surface area contributed by atoms with E-state index in [1.165, 1.54) is 0 Å². The third-order valence-electron chi connectivity index (χ3n) is 2.89. The average Bonchev–Trinajstić information content (AvgIpc) is 2.78. The van der Waals surface area contributed by atoms with Crippen molar-refractivity contribution in [1.29, 1.82) is 0 Å². The second kappa shape index (κ2) is 3.55. The molecule has 1 aromatic rings. The van der Waals surface area contributed by atoms with E-state index in [4.69, 9.17) is 5.84 Å². The maximum atomic E-state index is 13.4. The molecule has 1 aliphatic carbocycles. The quantitative estimate of drug-likeness (QED) is 0.546. The molecule has 0 bridgehead atoms. The minimum absolute atomic E-state index is 0.0323. The summed E-state index contributed by atoms with van der Waals surface area (Å²) in [5.74, 6) is 3.42. The van der Waals surface area contributed by atoms with Crippen LogP contribution in [0.25, 0.3) is 0 Å². The monoisotopic (exact) mass is 228 g/mol. The molecule has 1 fully saturated rings. The number of nitrogens with zero attached hydrogens (tertiary/aromatic N) is 1. The van der Waals surface area contributed by atoms with Crippen molar-refractivity contribution in [2.75, 3.05) is 10.7 Å². The molecule has 1 aliphatic rings. The molecule has 0 radical (unpaired) electrons. The predicted octanol–water partition coefficient (Wildman–Crippen LogP) is 1.86. The van der Waals surface area contributed by atoms with Gasteiger partial charge in [0.05, 0.1) is 0 Å². The zero-order valence-electron chi connectivity index (χ0n) is 9.14. The van der Waals surface area contributed by atoms with Gasteiger partial charge >= 0.3 is 0 Å². The Hall–Kier alpha value is -1.43. The standard InChI is InChI=1S/C10H14F2N4/c1-10(2)4-7(10)14-8-5(11)3-6(12)9(15-8)16-13/h3,7H,4,13H2,1-2H3,(H2,14,15,16). The highest BCUT2D eigenvalue weighted by atomic mass is 19.1. The summed E-state index contributed by atoms with van der Waals surface area (Å²) in [6, 6.07) is 0.936. The number of halogens is 2. The van der Waals surface area contributed by atoms with Gasteiger partial charge in [-0.1, -0.05) is 13.8 Å². The van der Waals surface area contributed by atoms with Crippen LogP contribution in [0.1, 0.15) is 20.3 Å². The van der Waals surface area contributed by atoms with Gasteiger partial charge in [-0.05, 0) is 11.8 Å². The second-order valence-electron chi connectivity index (χ2n) is 4.68. The Labute approximate surface area is 92.2 Å². The molecule has 0 amide bonds.